The van der Waals surface area contributed by atoms with E-state index in [-0.39, 0.29) is 11.3 Å². The van der Waals surface area contributed by atoms with E-state index in [1.807, 2.05) is 38.1 Å². The fraction of sp³-hybridized carbons (Fsp3) is 0.438. The van der Waals surface area contributed by atoms with Gasteiger partial charge < -0.3 is 9.84 Å². The van der Waals surface area contributed by atoms with Crippen LogP contribution in [-0.4, -0.2) is 18.2 Å². The molecule has 0 unspecified atom stereocenters. The molecule has 3 heteroatoms. The summed E-state index contributed by atoms with van der Waals surface area (Å²) in [5, 5.41) is 9.25. The molecule has 1 aromatic rings. The Kier molecular flexibility index (Phi) is 3.65. The van der Waals surface area contributed by atoms with Crippen molar-refractivity contribution in [1.29, 1.82) is 0 Å². The van der Waals surface area contributed by atoms with Crippen LogP contribution < -0.4 is 4.74 Å². The molecule has 1 N–H and O–H groups in total. The second kappa shape index (κ2) is 5.08. The normalized spacial score (nSPS) is 21.6. The average molecular weight is 260 g/mol. The molecule has 0 saturated heterocycles. The van der Waals surface area contributed by atoms with E-state index in [0.717, 1.165) is 17.7 Å². The number of benzene rings is 1. The highest BCUT2D eigenvalue weighted by Crippen LogP contribution is 2.42. The summed E-state index contributed by atoms with van der Waals surface area (Å²) >= 11 is 0. The van der Waals surface area contributed by atoms with E-state index in [9.17, 15) is 9.90 Å². The molecule has 0 radical (unpaired) electrons. The molecule has 19 heavy (non-hydrogen) atoms. The lowest BCUT2D eigenvalue weighted by atomic mass is 9.70. The van der Waals surface area contributed by atoms with E-state index < -0.39 is 5.97 Å². The van der Waals surface area contributed by atoms with Gasteiger partial charge in [0.2, 0.25) is 0 Å². The Hall–Kier alpha value is -1.77. The molecule has 1 atom stereocenters. The maximum absolute atomic E-state index is 11.3. The van der Waals surface area contributed by atoms with Crippen molar-refractivity contribution in [3.8, 4) is 5.75 Å². The third-order valence-corrected chi connectivity index (χ3v) is 3.91. The summed E-state index contributed by atoms with van der Waals surface area (Å²) < 4.78 is 5.15. The largest absolute Gasteiger partial charge is 0.497 e. The maximum atomic E-state index is 11.3. The molecule has 1 aromatic carbocycles. The molecule has 0 bridgehead atoms. The van der Waals surface area contributed by atoms with Crippen molar-refractivity contribution in [2.24, 2.45) is 11.3 Å². The van der Waals surface area contributed by atoms with Gasteiger partial charge in [-0.3, -0.25) is 4.79 Å². The van der Waals surface area contributed by atoms with Gasteiger partial charge in [-0.1, -0.05) is 32.1 Å². The van der Waals surface area contributed by atoms with Gasteiger partial charge in [0, 0.05) is 0 Å². The third-order valence-electron chi connectivity index (χ3n) is 3.91. The fourth-order valence-electron chi connectivity index (χ4n) is 2.77. The minimum atomic E-state index is -0.699. The highest BCUT2D eigenvalue weighted by Gasteiger charge is 2.36. The number of rotatable bonds is 3. The monoisotopic (exact) mass is 260 g/mol. The third kappa shape index (κ3) is 2.80. The van der Waals surface area contributed by atoms with Gasteiger partial charge >= 0.3 is 5.97 Å². The molecule has 2 rings (SSSR count). The van der Waals surface area contributed by atoms with Crippen LogP contribution in [0.4, 0.5) is 0 Å². The number of allylic oxidation sites excluding steroid dienone is 2. The Morgan fingerprint density at radius 1 is 1.32 bits per heavy atom. The summed E-state index contributed by atoms with van der Waals surface area (Å²) in [6, 6.07) is 7.93. The zero-order valence-corrected chi connectivity index (χ0v) is 11.6. The van der Waals surface area contributed by atoms with Gasteiger partial charge in [-0.25, -0.2) is 0 Å². The molecule has 0 aromatic heterocycles. The first-order valence-electron chi connectivity index (χ1n) is 6.53. The van der Waals surface area contributed by atoms with Gasteiger partial charge in [-0.05, 0) is 41.5 Å². The number of hydrogen-bond donors (Lipinski definition) is 1. The average Bonchev–Trinajstić information content (AvgIpc) is 2.37. The Bertz CT molecular complexity index is 497. The van der Waals surface area contributed by atoms with Gasteiger partial charge in [0.25, 0.3) is 0 Å². The van der Waals surface area contributed by atoms with Crippen LogP contribution in [0.15, 0.2) is 30.3 Å². The highest BCUT2D eigenvalue weighted by atomic mass is 16.5. The van der Waals surface area contributed by atoms with Crippen LogP contribution in [0, 0.1) is 11.3 Å². The summed E-state index contributed by atoms with van der Waals surface area (Å²) in [6.45, 7) is 3.99. The van der Waals surface area contributed by atoms with Crippen LogP contribution in [0.2, 0.25) is 0 Å². The molecule has 0 spiro atoms. The van der Waals surface area contributed by atoms with Crippen molar-refractivity contribution in [2.45, 2.75) is 26.7 Å². The predicted octanol–water partition coefficient (Wildman–Crippen LogP) is 3.60. The summed E-state index contributed by atoms with van der Waals surface area (Å²) in [5.41, 5.74) is 2.07. The first kappa shape index (κ1) is 13.7. The maximum Gasteiger partial charge on any atom is 0.307 e. The Labute approximate surface area is 113 Å². The minimum absolute atomic E-state index is 0.297. The molecule has 0 aliphatic heterocycles. The molecule has 0 heterocycles. The first-order chi connectivity index (χ1) is 8.94. The van der Waals surface area contributed by atoms with Crippen molar-refractivity contribution in [1.82, 2.24) is 0 Å². The summed E-state index contributed by atoms with van der Waals surface area (Å²) in [4.78, 5) is 11.3. The SMILES string of the molecule is COc1ccc(C2=CC(C)(C)[C@@H](C(=O)O)CC2)cc1. The second-order valence-electron chi connectivity index (χ2n) is 5.65. The lowest BCUT2D eigenvalue weighted by Crippen LogP contribution is -2.32. The quantitative estimate of drug-likeness (QED) is 0.903. The topological polar surface area (TPSA) is 46.5 Å². The zero-order valence-electron chi connectivity index (χ0n) is 11.6. The predicted molar refractivity (Wildman–Crippen MR) is 75.1 cm³/mol. The van der Waals surface area contributed by atoms with Crippen LogP contribution in [0.3, 0.4) is 0 Å². The minimum Gasteiger partial charge on any atom is -0.497 e. The molecule has 102 valence electrons. The molecule has 1 aliphatic carbocycles. The van der Waals surface area contributed by atoms with E-state index in [4.69, 9.17) is 4.74 Å². The molecular weight excluding hydrogens is 240 g/mol. The van der Waals surface area contributed by atoms with E-state index in [1.165, 1.54) is 5.57 Å². The van der Waals surface area contributed by atoms with Crippen LogP contribution in [0.25, 0.3) is 5.57 Å². The van der Waals surface area contributed by atoms with Crippen LogP contribution >= 0.6 is 0 Å². The lowest BCUT2D eigenvalue weighted by Gasteiger charge is -2.34. The number of carboxylic acids is 1. The van der Waals surface area contributed by atoms with Crippen molar-refractivity contribution in [3.63, 3.8) is 0 Å². The molecule has 0 saturated carbocycles. The van der Waals surface area contributed by atoms with Crippen LogP contribution in [0.1, 0.15) is 32.3 Å². The van der Waals surface area contributed by atoms with Gasteiger partial charge in [0.05, 0.1) is 13.0 Å². The van der Waals surface area contributed by atoms with E-state index in [2.05, 4.69) is 6.08 Å². The number of ether oxygens (including phenoxy) is 1. The number of methoxy groups -OCH3 is 1. The molecule has 0 amide bonds. The van der Waals surface area contributed by atoms with Crippen molar-refractivity contribution < 1.29 is 14.6 Å². The standard InChI is InChI=1S/C16H20O3/c1-16(2)10-12(6-9-14(16)15(17)18)11-4-7-13(19-3)8-5-11/h4-5,7-8,10,14H,6,9H2,1-3H3,(H,17,18)/t14-/m1/s1. The highest BCUT2D eigenvalue weighted by molar-refractivity contribution is 5.75. The van der Waals surface area contributed by atoms with E-state index in [0.29, 0.717) is 6.42 Å². The van der Waals surface area contributed by atoms with Crippen molar-refractivity contribution >= 4 is 11.5 Å². The molecular formula is C16H20O3. The van der Waals surface area contributed by atoms with Gasteiger partial charge in [0.1, 0.15) is 5.75 Å². The summed E-state index contributed by atoms with van der Waals surface area (Å²) in [6.07, 6.45) is 3.62. The van der Waals surface area contributed by atoms with Crippen molar-refractivity contribution in [3.05, 3.63) is 35.9 Å². The number of carbonyl (C=O) groups is 1. The fourth-order valence-corrected chi connectivity index (χ4v) is 2.77. The Morgan fingerprint density at radius 3 is 2.42 bits per heavy atom. The summed E-state index contributed by atoms with van der Waals surface area (Å²) in [5.74, 6) is -0.160. The van der Waals surface area contributed by atoms with E-state index in [1.54, 1.807) is 7.11 Å². The van der Waals surface area contributed by atoms with Gasteiger partial charge in [-0.2, -0.15) is 0 Å². The van der Waals surface area contributed by atoms with Crippen LogP contribution in [-0.2, 0) is 4.79 Å². The van der Waals surface area contributed by atoms with Gasteiger partial charge in [-0.15, -0.1) is 0 Å². The first-order valence-corrected chi connectivity index (χ1v) is 6.53. The smallest absolute Gasteiger partial charge is 0.307 e. The Balaban J connectivity index is 2.28. The van der Waals surface area contributed by atoms with E-state index >= 15 is 0 Å². The van der Waals surface area contributed by atoms with Crippen molar-refractivity contribution in [2.75, 3.05) is 7.11 Å². The van der Waals surface area contributed by atoms with Gasteiger partial charge in [0.15, 0.2) is 0 Å². The zero-order chi connectivity index (χ0) is 14.0. The number of hydrogen-bond acceptors (Lipinski definition) is 2. The molecule has 3 nitrogen and oxygen atoms in total. The number of carboxylic acid groups (broad SMARTS) is 1. The summed E-state index contributed by atoms with van der Waals surface area (Å²) in [7, 11) is 1.65. The second-order valence-corrected chi connectivity index (χ2v) is 5.65. The lowest BCUT2D eigenvalue weighted by molar-refractivity contribution is -0.145. The Morgan fingerprint density at radius 2 is 1.95 bits per heavy atom. The number of aliphatic carboxylic acids is 1. The van der Waals surface area contributed by atoms with Crippen LogP contribution in [0.5, 0.6) is 5.75 Å². The molecule has 1 aliphatic rings. The molecule has 0 fully saturated rings.